The monoisotopic (exact) mass is 508 g/mol. The highest BCUT2D eigenvalue weighted by Crippen LogP contribution is 2.42. The van der Waals surface area contributed by atoms with Crippen molar-refractivity contribution in [3.63, 3.8) is 0 Å². The number of ether oxygens (including phenoxy) is 3. The Kier molecular flexibility index (Phi) is 8.95. The van der Waals surface area contributed by atoms with Gasteiger partial charge in [-0.1, -0.05) is 63.1 Å². The van der Waals surface area contributed by atoms with Crippen molar-refractivity contribution in [3.8, 4) is 11.5 Å². The summed E-state index contributed by atoms with van der Waals surface area (Å²) in [4.78, 5) is 26.8. The molecule has 0 aromatic heterocycles. The van der Waals surface area contributed by atoms with Crippen LogP contribution >= 0.6 is 0 Å². The van der Waals surface area contributed by atoms with Gasteiger partial charge < -0.3 is 24.4 Å². The molecule has 0 spiro atoms. The molecule has 2 aromatic carbocycles. The van der Waals surface area contributed by atoms with Crippen molar-refractivity contribution in [1.29, 1.82) is 0 Å². The van der Waals surface area contributed by atoms with Crippen LogP contribution in [0.1, 0.15) is 63.5 Å². The third-order valence-electron chi connectivity index (χ3n) is 8.20. The van der Waals surface area contributed by atoms with Gasteiger partial charge in [-0.05, 0) is 54.4 Å². The van der Waals surface area contributed by atoms with E-state index in [0.717, 1.165) is 36.8 Å². The predicted molar refractivity (Wildman–Crippen MR) is 142 cm³/mol. The highest BCUT2D eigenvalue weighted by Gasteiger charge is 2.39. The molecule has 1 aliphatic heterocycles. The van der Waals surface area contributed by atoms with Crippen LogP contribution < -0.4 is 14.8 Å². The van der Waals surface area contributed by atoms with Crippen LogP contribution in [0.15, 0.2) is 48.5 Å². The number of nitrogens with zero attached hydrogens (tertiary/aromatic N) is 1. The lowest BCUT2D eigenvalue weighted by Crippen LogP contribution is -2.56. The highest BCUT2D eigenvalue weighted by atomic mass is 16.6. The number of amides is 2. The number of hydrogen-bond donors (Lipinski definition) is 1. The second-order valence-electron chi connectivity index (χ2n) is 10.4. The number of likely N-dealkylation sites (tertiary alicyclic amines) is 1. The van der Waals surface area contributed by atoms with Crippen LogP contribution in [-0.2, 0) is 22.7 Å². The van der Waals surface area contributed by atoms with E-state index in [1.54, 1.807) is 12.0 Å². The minimum atomic E-state index is -0.287. The van der Waals surface area contributed by atoms with Crippen LogP contribution in [-0.4, -0.2) is 43.2 Å². The highest BCUT2D eigenvalue weighted by molar-refractivity contribution is 5.82. The molecule has 1 N–H and O–H groups in total. The molecule has 1 aliphatic carbocycles. The Morgan fingerprint density at radius 2 is 1.68 bits per heavy atom. The fraction of sp³-hybridized carbons (Fsp3) is 0.533. The molecule has 7 nitrogen and oxygen atoms in total. The van der Waals surface area contributed by atoms with Crippen LogP contribution in [0.2, 0.25) is 0 Å². The van der Waals surface area contributed by atoms with E-state index in [1.807, 2.05) is 48.5 Å². The summed E-state index contributed by atoms with van der Waals surface area (Å²) in [5, 5.41) is 2.98. The van der Waals surface area contributed by atoms with Gasteiger partial charge in [0.1, 0.15) is 12.7 Å². The standard InChI is InChI=1S/C30H40N2O5/c1-4-30(5-2)15-13-25(14-16-30)37-29(34)32-19-24(20-32)28(33)31-18-23-11-12-26(27(17-23)35-3)36-21-22-9-7-6-8-10-22/h6-12,17,24-25H,4-5,13-16,18-21H2,1-3H3,(H,31,33). The average molecular weight is 509 g/mol. The first kappa shape index (κ1) is 26.8. The number of carbonyl (C=O) groups is 2. The van der Waals surface area contributed by atoms with E-state index < -0.39 is 0 Å². The topological polar surface area (TPSA) is 77.1 Å². The van der Waals surface area contributed by atoms with Crippen molar-refractivity contribution in [3.05, 3.63) is 59.7 Å². The van der Waals surface area contributed by atoms with E-state index in [0.29, 0.717) is 43.2 Å². The lowest BCUT2D eigenvalue weighted by Gasteiger charge is -2.41. The zero-order valence-corrected chi connectivity index (χ0v) is 22.3. The molecule has 4 rings (SSSR count). The molecule has 0 radical (unpaired) electrons. The maximum atomic E-state index is 12.6. The molecular formula is C30H40N2O5. The summed E-state index contributed by atoms with van der Waals surface area (Å²) in [7, 11) is 1.60. The lowest BCUT2D eigenvalue weighted by atomic mass is 9.70. The number of nitrogens with one attached hydrogen (secondary N) is 1. The summed E-state index contributed by atoms with van der Waals surface area (Å²) in [6.07, 6.45) is 6.20. The van der Waals surface area contributed by atoms with Crippen molar-refractivity contribution >= 4 is 12.0 Å². The van der Waals surface area contributed by atoms with Gasteiger partial charge in [-0.3, -0.25) is 4.79 Å². The second kappa shape index (κ2) is 12.3. The third kappa shape index (κ3) is 6.76. The first-order valence-electron chi connectivity index (χ1n) is 13.5. The molecule has 2 fully saturated rings. The van der Waals surface area contributed by atoms with E-state index in [4.69, 9.17) is 14.2 Å². The van der Waals surface area contributed by atoms with Gasteiger partial charge in [-0.25, -0.2) is 4.79 Å². The molecule has 2 aliphatic rings. The molecule has 2 aromatic rings. The maximum Gasteiger partial charge on any atom is 0.410 e. The first-order chi connectivity index (χ1) is 17.9. The van der Waals surface area contributed by atoms with Crippen LogP contribution in [0.5, 0.6) is 11.5 Å². The van der Waals surface area contributed by atoms with Crippen LogP contribution in [0.25, 0.3) is 0 Å². The first-order valence-corrected chi connectivity index (χ1v) is 13.5. The van der Waals surface area contributed by atoms with E-state index in [1.165, 1.54) is 12.8 Å². The molecule has 0 bridgehead atoms. The second-order valence-corrected chi connectivity index (χ2v) is 10.4. The van der Waals surface area contributed by atoms with Crippen molar-refractivity contribution < 1.29 is 23.8 Å². The summed E-state index contributed by atoms with van der Waals surface area (Å²) in [5.74, 6) is 1.02. The summed E-state index contributed by atoms with van der Waals surface area (Å²) < 4.78 is 17.1. The molecule has 2 amide bonds. The van der Waals surface area contributed by atoms with Gasteiger partial charge in [0.2, 0.25) is 5.91 Å². The van der Waals surface area contributed by atoms with Gasteiger partial charge >= 0.3 is 6.09 Å². The molecule has 1 saturated heterocycles. The smallest absolute Gasteiger partial charge is 0.410 e. The molecule has 1 saturated carbocycles. The summed E-state index contributed by atoms with van der Waals surface area (Å²) in [6.45, 7) is 6.16. The molecule has 1 heterocycles. The maximum absolute atomic E-state index is 12.6. The van der Waals surface area contributed by atoms with Gasteiger partial charge in [0.05, 0.1) is 13.0 Å². The zero-order chi connectivity index (χ0) is 26.3. The van der Waals surface area contributed by atoms with Crippen LogP contribution in [0, 0.1) is 11.3 Å². The fourth-order valence-electron chi connectivity index (χ4n) is 5.30. The van der Waals surface area contributed by atoms with Crippen LogP contribution in [0.3, 0.4) is 0 Å². The number of carbonyl (C=O) groups excluding carboxylic acids is 2. The molecule has 7 heteroatoms. The van der Waals surface area contributed by atoms with E-state index >= 15 is 0 Å². The Balaban J connectivity index is 1.18. The van der Waals surface area contributed by atoms with Crippen molar-refractivity contribution in [2.24, 2.45) is 11.3 Å². The average Bonchev–Trinajstić information content (AvgIpc) is 2.91. The van der Waals surface area contributed by atoms with E-state index in [9.17, 15) is 9.59 Å². The van der Waals surface area contributed by atoms with Crippen molar-refractivity contribution in [2.75, 3.05) is 20.2 Å². The number of hydrogen-bond acceptors (Lipinski definition) is 5. The Morgan fingerprint density at radius 1 is 0.973 bits per heavy atom. The lowest BCUT2D eigenvalue weighted by molar-refractivity contribution is -0.129. The fourth-order valence-corrected chi connectivity index (χ4v) is 5.30. The predicted octanol–water partition coefficient (Wildman–Crippen LogP) is 5.71. The van der Waals surface area contributed by atoms with Gasteiger partial charge in [0.25, 0.3) is 0 Å². The SMILES string of the molecule is CCC1(CC)CCC(OC(=O)N2CC(C(=O)NCc3ccc(OCc4ccccc4)c(OC)c3)C2)CC1. The van der Waals surface area contributed by atoms with Gasteiger partial charge in [0, 0.05) is 19.6 Å². The number of benzene rings is 2. The van der Waals surface area contributed by atoms with Gasteiger partial charge in [-0.2, -0.15) is 0 Å². The third-order valence-corrected chi connectivity index (χ3v) is 8.20. The van der Waals surface area contributed by atoms with E-state index in [-0.39, 0.29) is 24.0 Å². The van der Waals surface area contributed by atoms with Gasteiger partial charge in [-0.15, -0.1) is 0 Å². The summed E-state index contributed by atoms with van der Waals surface area (Å²) in [6, 6.07) is 15.6. The van der Waals surface area contributed by atoms with Gasteiger partial charge in [0.15, 0.2) is 11.5 Å². The molecule has 0 atom stereocenters. The number of methoxy groups -OCH3 is 1. The minimum Gasteiger partial charge on any atom is -0.493 e. The van der Waals surface area contributed by atoms with Crippen molar-refractivity contribution in [1.82, 2.24) is 10.2 Å². The largest absolute Gasteiger partial charge is 0.493 e. The molecule has 0 unspecified atom stereocenters. The Bertz CT molecular complexity index is 1040. The minimum absolute atomic E-state index is 0.00114. The molecule has 37 heavy (non-hydrogen) atoms. The Labute approximate surface area is 220 Å². The number of rotatable bonds is 10. The Hall–Kier alpha value is -3.22. The molecule has 200 valence electrons. The zero-order valence-electron chi connectivity index (χ0n) is 22.3. The van der Waals surface area contributed by atoms with Crippen LogP contribution in [0.4, 0.5) is 4.79 Å². The molecular weight excluding hydrogens is 468 g/mol. The quantitative estimate of drug-likeness (QED) is 0.445. The summed E-state index contributed by atoms with van der Waals surface area (Å²) >= 11 is 0. The normalized spacial score (nSPS) is 17.5. The van der Waals surface area contributed by atoms with E-state index in [2.05, 4.69) is 19.2 Å². The summed E-state index contributed by atoms with van der Waals surface area (Å²) in [5.41, 5.74) is 2.41. The van der Waals surface area contributed by atoms with Crippen molar-refractivity contribution in [2.45, 2.75) is 71.6 Å². The Morgan fingerprint density at radius 3 is 2.32 bits per heavy atom.